The van der Waals surface area contributed by atoms with Crippen molar-refractivity contribution in [3.8, 4) is 5.75 Å². The number of methoxy groups -OCH3 is 1. The first-order chi connectivity index (χ1) is 10.3. The van der Waals surface area contributed by atoms with E-state index >= 15 is 0 Å². The fraction of sp³-hybridized carbons (Fsp3) is 0.500. The lowest BCUT2D eigenvalue weighted by Gasteiger charge is -2.20. The summed E-state index contributed by atoms with van der Waals surface area (Å²) in [5.41, 5.74) is 6.62. The van der Waals surface area contributed by atoms with Crippen LogP contribution in [0.15, 0.2) is 24.3 Å². The second-order valence-corrected chi connectivity index (χ2v) is 5.69. The Morgan fingerprint density at radius 3 is 2.36 bits per heavy atom. The van der Waals surface area contributed by atoms with Crippen LogP contribution in [0.1, 0.15) is 25.8 Å². The molecule has 1 aromatic carbocycles. The maximum Gasteiger partial charge on any atom is 0.328 e. The summed E-state index contributed by atoms with van der Waals surface area (Å²) in [6, 6.07) is 4.95. The lowest BCUT2D eigenvalue weighted by atomic mass is 10.0. The number of hydrogen-bond acceptors (Lipinski definition) is 5. The minimum absolute atomic E-state index is 0.140. The Balaban J connectivity index is 2.74. The quantitative estimate of drug-likeness (QED) is 0.651. The smallest absolute Gasteiger partial charge is 0.328 e. The number of amides is 1. The molecule has 0 aliphatic heterocycles. The van der Waals surface area contributed by atoms with Gasteiger partial charge < -0.3 is 20.9 Å². The van der Waals surface area contributed by atoms with E-state index in [1.807, 2.05) is 13.8 Å². The number of phenols is 1. The van der Waals surface area contributed by atoms with Crippen LogP contribution in [-0.4, -0.2) is 36.2 Å². The van der Waals surface area contributed by atoms with Gasteiger partial charge in [0.05, 0.1) is 13.2 Å². The Morgan fingerprint density at radius 1 is 1.27 bits per heavy atom. The average Bonchev–Trinajstić information content (AvgIpc) is 2.47. The van der Waals surface area contributed by atoms with E-state index in [0.29, 0.717) is 6.42 Å². The number of carbonyl (C=O) groups excluding carboxylic acids is 2. The summed E-state index contributed by atoms with van der Waals surface area (Å²) in [7, 11) is 1.27. The van der Waals surface area contributed by atoms with E-state index in [0.717, 1.165) is 5.56 Å². The van der Waals surface area contributed by atoms with Gasteiger partial charge in [-0.05, 0) is 30.0 Å². The highest BCUT2D eigenvalue weighted by molar-refractivity contribution is 5.87. The number of benzene rings is 1. The van der Waals surface area contributed by atoms with Crippen molar-refractivity contribution in [1.29, 1.82) is 0 Å². The Bertz CT molecular complexity index is 499. The van der Waals surface area contributed by atoms with Gasteiger partial charge in [0.1, 0.15) is 11.8 Å². The first-order valence-corrected chi connectivity index (χ1v) is 7.25. The van der Waals surface area contributed by atoms with Gasteiger partial charge >= 0.3 is 5.97 Å². The van der Waals surface area contributed by atoms with Gasteiger partial charge in [-0.15, -0.1) is 0 Å². The molecule has 0 unspecified atom stereocenters. The molecule has 1 rings (SSSR count). The second-order valence-electron chi connectivity index (χ2n) is 5.69. The summed E-state index contributed by atoms with van der Waals surface area (Å²) in [6.45, 7) is 3.95. The summed E-state index contributed by atoms with van der Waals surface area (Å²) in [5.74, 6) is -0.475. The molecule has 0 aromatic heterocycles. The molecule has 0 bridgehead atoms. The first kappa shape index (κ1) is 18.0. The highest BCUT2D eigenvalue weighted by atomic mass is 16.5. The average molecular weight is 308 g/mol. The van der Waals surface area contributed by atoms with Crippen LogP contribution in [-0.2, 0) is 20.7 Å². The van der Waals surface area contributed by atoms with E-state index in [9.17, 15) is 14.7 Å². The van der Waals surface area contributed by atoms with Crippen molar-refractivity contribution in [3.63, 3.8) is 0 Å². The van der Waals surface area contributed by atoms with Gasteiger partial charge in [0.15, 0.2) is 0 Å². The van der Waals surface area contributed by atoms with Crippen molar-refractivity contribution < 1.29 is 19.4 Å². The van der Waals surface area contributed by atoms with Crippen LogP contribution in [0, 0.1) is 5.92 Å². The molecule has 0 radical (unpaired) electrons. The maximum atomic E-state index is 12.1. The summed E-state index contributed by atoms with van der Waals surface area (Å²) in [4.78, 5) is 23.9. The van der Waals surface area contributed by atoms with Gasteiger partial charge in [-0.25, -0.2) is 4.79 Å². The third kappa shape index (κ3) is 5.73. The largest absolute Gasteiger partial charge is 0.508 e. The second kappa shape index (κ2) is 8.38. The third-order valence-corrected chi connectivity index (χ3v) is 3.24. The summed E-state index contributed by atoms with van der Waals surface area (Å²) >= 11 is 0. The molecule has 6 heteroatoms. The number of ether oxygens (including phenoxy) is 1. The van der Waals surface area contributed by atoms with Gasteiger partial charge in [0.25, 0.3) is 0 Å². The highest BCUT2D eigenvalue weighted by Crippen LogP contribution is 2.12. The molecule has 2 atom stereocenters. The molecule has 1 amide bonds. The molecule has 0 heterocycles. The highest BCUT2D eigenvalue weighted by Gasteiger charge is 2.25. The van der Waals surface area contributed by atoms with Gasteiger partial charge in [-0.1, -0.05) is 26.0 Å². The van der Waals surface area contributed by atoms with Crippen molar-refractivity contribution in [2.75, 3.05) is 7.11 Å². The van der Waals surface area contributed by atoms with Crippen molar-refractivity contribution in [2.24, 2.45) is 11.7 Å². The van der Waals surface area contributed by atoms with Crippen LogP contribution in [0.2, 0.25) is 0 Å². The van der Waals surface area contributed by atoms with E-state index in [1.54, 1.807) is 12.1 Å². The lowest BCUT2D eigenvalue weighted by molar-refractivity contribution is -0.145. The van der Waals surface area contributed by atoms with E-state index in [-0.39, 0.29) is 24.0 Å². The number of esters is 1. The maximum absolute atomic E-state index is 12.1. The van der Waals surface area contributed by atoms with Crippen molar-refractivity contribution in [3.05, 3.63) is 29.8 Å². The molecular formula is C16H24N2O4. The Kier molecular flexibility index (Phi) is 6.85. The molecule has 6 nitrogen and oxygen atoms in total. The molecular weight excluding hydrogens is 284 g/mol. The molecule has 4 N–H and O–H groups in total. The number of aromatic hydroxyl groups is 1. The minimum Gasteiger partial charge on any atom is -0.508 e. The topological polar surface area (TPSA) is 102 Å². The summed E-state index contributed by atoms with van der Waals surface area (Å²) in [5, 5.41) is 11.9. The normalized spacial score (nSPS) is 13.5. The number of nitrogens with two attached hydrogens (primary N) is 1. The fourth-order valence-corrected chi connectivity index (χ4v) is 2.10. The van der Waals surface area contributed by atoms with E-state index in [1.165, 1.54) is 19.2 Å². The molecule has 0 aliphatic rings. The number of phenolic OH excluding ortho intramolecular Hbond substituents is 1. The minimum atomic E-state index is -0.805. The zero-order valence-corrected chi connectivity index (χ0v) is 13.2. The number of hydrogen-bond donors (Lipinski definition) is 3. The Labute approximate surface area is 130 Å². The summed E-state index contributed by atoms with van der Waals surface area (Å²) < 4.78 is 4.73. The van der Waals surface area contributed by atoms with Crippen LogP contribution < -0.4 is 11.1 Å². The third-order valence-electron chi connectivity index (χ3n) is 3.24. The molecule has 0 saturated carbocycles. The van der Waals surface area contributed by atoms with Crippen molar-refractivity contribution in [2.45, 2.75) is 38.8 Å². The zero-order chi connectivity index (χ0) is 16.7. The lowest BCUT2D eigenvalue weighted by Crippen LogP contribution is -2.50. The Morgan fingerprint density at radius 2 is 1.86 bits per heavy atom. The van der Waals surface area contributed by atoms with E-state index < -0.39 is 18.1 Å². The molecule has 0 saturated heterocycles. The standard InChI is InChI=1S/C16H24N2O4/c1-10(2)8-13(17)15(20)18-14(16(21)22-3)9-11-4-6-12(19)7-5-11/h4-7,10,13-14,19H,8-9,17H2,1-3H3,(H,18,20)/t13-,14-/m0/s1. The molecule has 0 fully saturated rings. The first-order valence-electron chi connectivity index (χ1n) is 7.25. The number of rotatable bonds is 7. The zero-order valence-electron chi connectivity index (χ0n) is 13.2. The molecule has 122 valence electrons. The molecule has 1 aromatic rings. The van der Waals surface area contributed by atoms with Gasteiger partial charge in [0.2, 0.25) is 5.91 Å². The molecule has 0 spiro atoms. The number of nitrogens with one attached hydrogen (secondary N) is 1. The van der Waals surface area contributed by atoms with Crippen LogP contribution in [0.5, 0.6) is 5.75 Å². The monoisotopic (exact) mass is 308 g/mol. The predicted octanol–water partition coefficient (Wildman–Crippen LogP) is 0.966. The molecule has 0 aliphatic carbocycles. The molecule has 22 heavy (non-hydrogen) atoms. The SMILES string of the molecule is COC(=O)[C@H](Cc1ccc(O)cc1)NC(=O)[C@@H](N)CC(C)C. The van der Waals surface area contributed by atoms with Crippen LogP contribution in [0.4, 0.5) is 0 Å². The van der Waals surface area contributed by atoms with E-state index in [2.05, 4.69) is 5.32 Å². The van der Waals surface area contributed by atoms with Crippen molar-refractivity contribution >= 4 is 11.9 Å². The Hall–Kier alpha value is -2.08. The summed E-state index contributed by atoms with van der Waals surface area (Å²) in [6.07, 6.45) is 0.812. The van der Waals surface area contributed by atoms with Crippen LogP contribution >= 0.6 is 0 Å². The van der Waals surface area contributed by atoms with Gasteiger partial charge in [-0.3, -0.25) is 4.79 Å². The fourth-order valence-electron chi connectivity index (χ4n) is 2.10. The van der Waals surface area contributed by atoms with E-state index in [4.69, 9.17) is 10.5 Å². The van der Waals surface area contributed by atoms with Crippen LogP contribution in [0.25, 0.3) is 0 Å². The van der Waals surface area contributed by atoms with Gasteiger partial charge in [0, 0.05) is 6.42 Å². The van der Waals surface area contributed by atoms with Crippen molar-refractivity contribution in [1.82, 2.24) is 5.32 Å². The predicted molar refractivity (Wildman–Crippen MR) is 83.2 cm³/mol. The number of carbonyl (C=O) groups is 2. The van der Waals surface area contributed by atoms with Gasteiger partial charge in [-0.2, -0.15) is 0 Å². The van der Waals surface area contributed by atoms with Crippen LogP contribution in [0.3, 0.4) is 0 Å².